The Hall–Kier alpha value is 0.0800. The van der Waals surface area contributed by atoms with E-state index in [0.29, 0.717) is 26.2 Å². The molecule has 2 N–H and O–H groups in total. The van der Waals surface area contributed by atoms with Crippen molar-refractivity contribution in [3.63, 3.8) is 0 Å². The number of nitrogens with two attached hydrogens (primary N) is 1. The van der Waals surface area contributed by atoms with Crippen LogP contribution in [0.25, 0.3) is 0 Å². The molecule has 0 aromatic heterocycles. The Morgan fingerprint density at radius 2 is 1.67 bits per heavy atom. The van der Waals surface area contributed by atoms with Crippen molar-refractivity contribution in [1.29, 1.82) is 0 Å². The molecule has 8 heteroatoms. The molecule has 0 aliphatic carbocycles. The van der Waals surface area contributed by atoms with Crippen LogP contribution in [0.3, 0.4) is 0 Å². The molecular formula is C10H22ClN3O3S. The van der Waals surface area contributed by atoms with Crippen molar-refractivity contribution in [1.82, 2.24) is 8.61 Å². The second-order valence-corrected chi connectivity index (χ2v) is 6.92. The highest BCUT2D eigenvalue weighted by Crippen LogP contribution is 2.20. The fourth-order valence-corrected chi connectivity index (χ4v) is 4.29. The van der Waals surface area contributed by atoms with Gasteiger partial charge in [-0.2, -0.15) is 17.0 Å². The lowest BCUT2D eigenvalue weighted by Crippen LogP contribution is -2.52. The minimum atomic E-state index is -3.35. The SMILES string of the molecule is CC1CN(S(=O)(=O)N2CC[C@H](N)C2)CC(C)O1.Cl. The molecule has 2 saturated heterocycles. The first-order chi connectivity index (χ1) is 7.89. The molecule has 0 aromatic carbocycles. The summed E-state index contributed by atoms with van der Waals surface area (Å²) in [6.07, 6.45) is 0.642. The van der Waals surface area contributed by atoms with Crippen molar-refractivity contribution in [2.45, 2.75) is 38.5 Å². The van der Waals surface area contributed by atoms with E-state index in [9.17, 15) is 8.42 Å². The van der Waals surface area contributed by atoms with Crippen molar-refractivity contribution in [2.24, 2.45) is 5.73 Å². The molecule has 2 unspecified atom stereocenters. The molecule has 2 rings (SSSR count). The summed E-state index contributed by atoms with van der Waals surface area (Å²) in [4.78, 5) is 0. The third kappa shape index (κ3) is 3.34. The molecule has 6 nitrogen and oxygen atoms in total. The van der Waals surface area contributed by atoms with Crippen LogP contribution in [0.15, 0.2) is 0 Å². The van der Waals surface area contributed by atoms with Crippen LogP contribution in [0.4, 0.5) is 0 Å². The highest BCUT2D eigenvalue weighted by Gasteiger charge is 2.37. The molecule has 2 fully saturated rings. The highest BCUT2D eigenvalue weighted by molar-refractivity contribution is 7.86. The average molecular weight is 300 g/mol. The van der Waals surface area contributed by atoms with Crippen LogP contribution in [0.5, 0.6) is 0 Å². The van der Waals surface area contributed by atoms with Gasteiger partial charge in [-0.25, -0.2) is 0 Å². The normalized spacial score (nSPS) is 35.4. The first-order valence-electron chi connectivity index (χ1n) is 6.06. The molecule has 0 bridgehead atoms. The lowest BCUT2D eigenvalue weighted by molar-refractivity contribution is -0.0453. The van der Waals surface area contributed by atoms with E-state index in [1.807, 2.05) is 13.8 Å². The maximum absolute atomic E-state index is 12.4. The predicted octanol–water partition coefficient (Wildman–Crippen LogP) is -0.205. The van der Waals surface area contributed by atoms with Gasteiger partial charge in [0.2, 0.25) is 0 Å². The number of halogens is 1. The van der Waals surface area contributed by atoms with E-state index in [4.69, 9.17) is 10.5 Å². The molecule has 2 aliphatic rings. The summed E-state index contributed by atoms with van der Waals surface area (Å²) >= 11 is 0. The molecule has 0 saturated carbocycles. The quantitative estimate of drug-likeness (QED) is 0.766. The fourth-order valence-electron chi connectivity index (χ4n) is 2.45. The Morgan fingerprint density at radius 3 is 2.11 bits per heavy atom. The van der Waals surface area contributed by atoms with Gasteiger partial charge in [-0.05, 0) is 20.3 Å². The van der Waals surface area contributed by atoms with Crippen LogP contribution in [0, 0.1) is 0 Å². The third-order valence-corrected chi connectivity index (χ3v) is 5.16. The van der Waals surface area contributed by atoms with Gasteiger partial charge in [0.1, 0.15) is 0 Å². The van der Waals surface area contributed by atoms with Gasteiger partial charge in [0.05, 0.1) is 12.2 Å². The van der Waals surface area contributed by atoms with Crippen molar-refractivity contribution >= 4 is 22.6 Å². The van der Waals surface area contributed by atoms with E-state index in [-0.39, 0.29) is 30.7 Å². The Morgan fingerprint density at radius 1 is 1.11 bits per heavy atom. The number of ether oxygens (including phenoxy) is 1. The third-order valence-electron chi connectivity index (χ3n) is 3.23. The number of hydrogen-bond acceptors (Lipinski definition) is 4. The van der Waals surface area contributed by atoms with Crippen LogP contribution in [-0.2, 0) is 14.9 Å². The summed E-state index contributed by atoms with van der Waals surface area (Å²) in [5.41, 5.74) is 5.76. The van der Waals surface area contributed by atoms with E-state index >= 15 is 0 Å². The van der Waals surface area contributed by atoms with Crippen LogP contribution >= 0.6 is 12.4 Å². The van der Waals surface area contributed by atoms with Gasteiger partial charge in [-0.3, -0.25) is 0 Å². The Kier molecular flexibility index (Phi) is 5.40. The topological polar surface area (TPSA) is 75.9 Å². The van der Waals surface area contributed by atoms with Crippen LogP contribution in [0.1, 0.15) is 20.3 Å². The first kappa shape index (κ1) is 16.1. The number of nitrogens with zero attached hydrogens (tertiary/aromatic N) is 2. The lowest BCUT2D eigenvalue weighted by Gasteiger charge is -2.36. The van der Waals surface area contributed by atoms with Gasteiger partial charge < -0.3 is 10.5 Å². The first-order valence-corrected chi connectivity index (χ1v) is 7.45. The Labute approximate surface area is 115 Å². The minimum absolute atomic E-state index is 0. The standard InChI is InChI=1S/C10H21N3O3S.ClH/c1-8-5-13(6-9(2)16-8)17(14,15)12-4-3-10(11)7-12;/h8-10H,3-7,11H2,1-2H3;1H/t8?,9?,10-;/m0./s1. The minimum Gasteiger partial charge on any atom is -0.373 e. The maximum atomic E-state index is 12.4. The van der Waals surface area contributed by atoms with Crippen LogP contribution in [-0.4, -0.2) is 61.5 Å². The summed E-state index contributed by atoms with van der Waals surface area (Å²) in [6, 6.07) is -0.0272. The zero-order valence-electron chi connectivity index (χ0n) is 10.8. The number of rotatable bonds is 2. The monoisotopic (exact) mass is 299 g/mol. The van der Waals surface area contributed by atoms with E-state index in [0.717, 1.165) is 6.42 Å². The second kappa shape index (κ2) is 6.02. The van der Waals surface area contributed by atoms with E-state index in [1.165, 1.54) is 8.61 Å². The predicted molar refractivity (Wildman–Crippen MR) is 71.9 cm³/mol. The van der Waals surface area contributed by atoms with Gasteiger partial charge in [0.15, 0.2) is 0 Å². The van der Waals surface area contributed by atoms with Crippen molar-refractivity contribution in [2.75, 3.05) is 26.2 Å². The second-order valence-electron chi connectivity index (χ2n) is 4.99. The molecule has 2 heterocycles. The summed E-state index contributed by atoms with van der Waals surface area (Å²) in [7, 11) is -3.35. The van der Waals surface area contributed by atoms with Gasteiger partial charge in [-0.1, -0.05) is 0 Å². The van der Waals surface area contributed by atoms with Crippen LogP contribution in [0.2, 0.25) is 0 Å². The van der Waals surface area contributed by atoms with Gasteiger partial charge >= 0.3 is 0 Å². The summed E-state index contributed by atoms with van der Waals surface area (Å²) in [6.45, 7) is 5.62. The van der Waals surface area contributed by atoms with Crippen molar-refractivity contribution in [3.8, 4) is 0 Å². The van der Waals surface area contributed by atoms with E-state index in [1.54, 1.807) is 0 Å². The smallest absolute Gasteiger partial charge is 0.282 e. The van der Waals surface area contributed by atoms with Gasteiger partial charge in [-0.15, -0.1) is 12.4 Å². The van der Waals surface area contributed by atoms with Gasteiger partial charge in [0.25, 0.3) is 10.2 Å². The van der Waals surface area contributed by atoms with Crippen molar-refractivity contribution < 1.29 is 13.2 Å². The molecule has 108 valence electrons. The largest absolute Gasteiger partial charge is 0.373 e. The Balaban J connectivity index is 0.00000162. The maximum Gasteiger partial charge on any atom is 0.282 e. The summed E-state index contributed by atoms with van der Waals surface area (Å²) in [5, 5.41) is 0. The Bertz CT molecular complexity index is 369. The van der Waals surface area contributed by atoms with Crippen LogP contribution < -0.4 is 5.73 Å². The van der Waals surface area contributed by atoms with Gasteiger partial charge in [0, 0.05) is 32.2 Å². The molecule has 3 atom stereocenters. The molecule has 0 spiro atoms. The highest BCUT2D eigenvalue weighted by atomic mass is 35.5. The average Bonchev–Trinajstić information content (AvgIpc) is 2.64. The number of hydrogen-bond donors (Lipinski definition) is 1. The molecule has 0 aromatic rings. The molecule has 0 amide bonds. The molecule has 2 aliphatic heterocycles. The molecular weight excluding hydrogens is 278 g/mol. The summed E-state index contributed by atoms with van der Waals surface area (Å²) < 4.78 is 33.3. The van der Waals surface area contributed by atoms with Crippen molar-refractivity contribution in [3.05, 3.63) is 0 Å². The van der Waals surface area contributed by atoms with E-state index < -0.39 is 10.2 Å². The molecule has 18 heavy (non-hydrogen) atoms. The lowest BCUT2D eigenvalue weighted by atomic mass is 10.3. The zero-order chi connectivity index (χ0) is 12.6. The van der Waals surface area contributed by atoms with E-state index in [2.05, 4.69) is 0 Å². The zero-order valence-corrected chi connectivity index (χ0v) is 12.4. The fraction of sp³-hybridized carbons (Fsp3) is 1.00. The number of morpholine rings is 1. The summed E-state index contributed by atoms with van der Waals surface area (Å²) in [5.74, 6) is 0. The molecule has 0 radical (unpaired) electrons.